The SMILES string of the molecule is CC(C)N(CCCO)c1ccc(N)nn1. The minimum absolute atomic E-state index is 0.186. The second kappa shape index (κ2) is 5.50. The summed E-state index contributed by atoms with van der Waals surface area (Å²) < 4.78 is 0. The molecule has 0 unspecified atom stereocenters. The Balaban J connectivity index is 2.74. The summed E-state index contributed by atoms with van der Waals surface area (Å²) in [5, 5.41) is 16.6. The summed E-state index contributed by atoms with van der Waals surface area (Å²) in [7, 11) is 0. The fraction of sp³-hybridized carbons (Fsp3) is 0.600. The molecule has 1 heterocycles. The molecule has 0 saturated carbocycles. The van der Waals surface area contributed by atoms with Crippen LogP contribution in [0.25, 0.3) is 0 Å². The highest BCUT2D eigenvalue weighted by Crippen LogP contribution is 2.13. The fourth-order valence-electron chi connectivity index (χ4n) is 1.37. The average Bonchev–Trinajstić information content (AvgIpc) is 2.21. The van der Waals surface area contributed by atoms with Gasteiger partial charge in [-0.05, 0) is 32.4 Å². The summed E-state index contributed by atoms with van der Waals surface area (Å²) in [4.78, 5) is 2.09. The van der Waals surface area contributed by atoms with E-state index in [0.29, 0.717) is 11.9 Å². The average molecular weight is 210 g/mol. The first kappa shape index (κ1) is 11.7. The molecule has 5 nitrogen and oxygen atoms in total. The number of hydrogen-bond acceptors (Lipinski definition) is 5. The number of hydrogen-bond donors (Lipinski definition) is 2. The number of aliphatic hydroxyl groups excluding tert-OH is 1. The van der Waals surface area contributed by atoms with Gasteiger partial charge in [-0.2, -0.15) is 0 Å². The van der Waals surface area contributed by atoms with Crippen molar-refractivity contribution in [3.8, 4) is 0 Å². The van der Waals surface area contributed by atoms with Crippen molar-refractivity contribution < 1.29 is 5.11 Å². The minimum atomic E-state index is 0.186. The molecule has 1 aromatic rings. The zero-order chi connectivity index (χ0) is 11.3. The number of nitrogens with two attached hydrogens (primary N) is 1. The Morgan fingerprint density at radius 2 is 2.13 bits per heavy atom. The van der Waals surface area contributed by atoms with Crippen molar-refractivity contribution in [1.29, 1.82) is 0 Å². The van der Waals surface area contributed by atoms with Crippen LogP contribution in [0, 0.1) is 0 Å². The van der Waals surface area contributed by atoms with Crippen LogP contribution in [-0.4, -0.2) is 34.5 Å². The molecule has 0 fully saturated rings. The number of nitrogens with zero attached hydrogens (tertiary/aromatic N) is 3. The first-order valence-electron chi connectivity index (χ1n) is 5.12. The predicted molar refractivity (Wildman–Crippen MR) is 60.6 cm³/mol. The summed E-state index contributed by atoms with van der Waals surface area (Å²) in [5.41, 5.74) is 5.47. The highest BCUT2D eigenvalue weighted by molar-refractivity contribution is 5.41. The van der Waals surface area contributed by atoms with E-state index >= 15 is 0 Å². The van der Waals surface area contributed by atoms with Crippen LogP contribution in [-0.2, 0) is 0 Å². The molecule has 0 aromatic carbocycles. The van der Waals surface area contributed by atoms with Crippen LogP contribution in [0.1, 0.15) is 20.3 Å². The summed E-state index contributed by atoms with van der Waals surface area (Å²) in [6, 6.07) is 3.91. The highest BCUT2D eigenvalue weighted by atomic mass is 16.3. The lowest BCUT2D eigenvalue weighted by Gasteiger charge is -2.27. The van der Waals surface area contributed by atoms with Gasteiger partial charge in [0.25, 0.3) is 0 Å². The van der Waals surface area contributed by atoms with Gasteiger partial charge in [-0.3, -0.25) is 0 Å². The molecule has 84 valence electrons. The maximum atomic E-state index is 8.81. The molecule has 3 N–H and O–H groups in total. The van der Waals surface area contributed by atoms with Gasteiger partial charge >= 0.3 is 0 Å². The van der Waals surface area contributed by atoms with Crippen LogP contribution in [0.2, 0.25) is 0 Å². The predicted octanol–water partition coefficient (Wildman–Crippen LogP) is 0.656. The van der Waals surface area contributed by atoms with E-state index in [1.807, 2.05) is 6.07 Å². The van der Waals surface area contributed by atoms with Gasteiger partial charge in [0, 0.05) is 19.2 Å². The molecule has 0 aliphatic heterocycles. The van der Waals surface area contributed by atoms with Gasteiger partial charge in [0.05, 0.1) is 0 Å². The molecule has 15 heavy (non-hydrogen) atoms. The molecule has 0 atom stereocenters. The van der Waals surface area contributed by atoms with Gasteiger partial charge in [0.1, 0.15) is 5.82 Å². The van der Waals surface area contributed by atoms with E-state index in [9.17, 15) is 0 Å². The zero-order valence-corrected chi connectivity index (χ0v) is 9.22. The number of nitrogen functional groups attached to an aromatic ring is 1. The fourth-order valence-corrected chi connectivity index (χ4v) is 1.37. The quantitative estimate of drug-likeness (QED) is 0.746. The lowest BCUT2D eigenvalue weighted by Crippen LogP contribution is -2.33. The van der Waals surface area contributed by atoms with Crippen molar-refractivity contribution in [2.75, 3.05) is 23.8 Å². The maximum Gasteiger partial charge on any atom is 0.151 e. The molecule has 0 aliphatic carbocycles. The zero-order valence-electron chi connectivity index (χ0n) is 9.22. The number of rotatable bonds is 5. The Hall–Kier alpha value is -1.36. The molecule has 0 spiro atoms. The van der Waals surface area contributed by atoms with E-state index in [0.717, 1.165) is 18.8 Å². The van der Waals surface area contributed by atoms with Crippen molar-refractivity contribution >= 4 is 11.6 Å². The third-order valence-corrected chi connectivity index (χ3v) is 2.15. The standard InChI is InChI=1S/C10H18N4O/c1-8(2)14(6-3-7-15)10-5-4-9(11)12-13-10/h4-5,8,15H,3,6-7H2,1-2H3,(H2,11,12). The van der Waals surface area contributed by atoms with Gasteiger partial charge in [-0.15, -0.1) is 10.2 Å². The summed E-state index contributed by atoms with van der Waals surface area (Å²) in [5.74, 6) is 1.22. The van der Waals surface area contributed by atoms with Crippen molar-refractivity contribution in [2.24, 2.45) is 0 Å². The van der Waals surface area contributed by atoms with Crippen LogP contribution >= 0.6 is 0 Å². The molecule has 0 amide bonds. The highest BCUT2D eigenvalue weighted by Gasteiger charge is 2.11. The number of aromatic nitrogens is 2. The summed E-state index contributed by atoms with van der Waals surface area (Å²) in [6.07, 6.45) is 0.726. The van der Waals surface area contributed by atoms with E-state index in [1.54, 1.807) is 6.07 Å². The van der Waals surface area contributed by atoms with Crippen LogP contribution < -0.4 is 10.6 Å². The van der Waals surface area contributed by atoms with Crippen LogP contribution in [0.4, 0.5) is 11.6 Å². The molecule has 1 aromatic heterocycles. The topological polar surface area (TPSA) is 75.3 Å². The lowest BCUT2D eigenvalue weighted by molar-refractivity contribution is 0.288. The van der Waals surface area contributed by atoms with Crippen molar-refractivity contribution in [1.82, 2.24) is 10.2 Å². The summed E-state index contributed by atoms with van der Waals surface area (Å²) in [6.45, 7) is 5.11. The van der Waals surface area contributed by atoms with Gasteiger partial charge in [0.2, 0.25) is 0 Å². The van der Waals surface area contributed by atoms with Crippen molar-refractivity contribution in [3.05, 3.63) is 12.1 Å². The normalized spacial score (nSPS) is 10.7. The number of anilines is 2. The van der Waals surface area contributed by atoms with Crippen molar-refractivity contribution in [2.45, 2.75) is 26.3 Å². The van der Waals surface area contributed by atoms with Crippen LogP contribution in [0.15, 0.2) is 12.1 Å². The van der Waals surface area contributed by atoms with E-state index in [1.165, 1.54) is 0 Å². The molecule has 5 heteroatoms. The Labute approximate surface area is 89.9 Å². The first-order valence-corrected chi connectivity index (χ1v) is 5.12. The summed E-state index contributed by atoms with van der Waals surface area (Å²) >= 11 is 0. The number of aliphatic hydroxyl groups is 1. The van der Waals surface area contributed by atoms with Gasteiger partial charge in [-0.25, -0.2) is 0 Å². The van der Waals surface area contributed by atoms with Gasteiger partial charge in [-0.1, -0.05) is 0 Å². The van der Waals surface area contributed by atoms with E-state index in [2.05, 4.69) is 28.9 Å². The van der Waals surface area contributed by atoms with Crippen molar-refractivity contribution in [3.63, 3.8) is 0 Å². The molecule has 0 bridgehead atoms. The Morgan fingerprint density at radius 1 is 1.40 bits per heavy atom. The molecule has 0 aliphatic rings. The second-order valence-electron chi connectivity index (χ2n) is 3.68. The largest absolute Gasteiger partial charge is 0.396 e. The second-order valence-corrected chi connectivity index (χ2v) is 3.68. The lowest BCUT2D eigenvalue weighted by atomic mass is 10.3. The molecule has 0 radical (unpaired) electrons. The van der Waals surface area contributed by atoms with E-state index in [4.69, 9.17) is 10.8 Å². The first-order chi connectivity index (χ1) is 7.15. The van der Waals surface area contributed by atoms with Gasteiger partial charge in [0.15, 0.2) is 5.82 Å². The third kappa shape index (κ3) is 3.36. The van der Waals surface area contributed by atoms with Crippen LogP contribution in [0.3, 0.4) is 0 Å². The minimum Gasteiger partial charge on any atom is -0.396 e. The Kier molecular flexibility index (Phi) is 4.30. The molecule has 0 saturated heterocycles. The molecular formula is C10H18N4O. The smallest absolute Gasteiger partial charge is 0.151 e. The van der Waals surface area contributed by atoms with E-state index < -0.39 is 0 Å². The van der Waals surface area contributed by atoms with Crippen LogP contribution in [0.5, 0.6) is 0 Å². The Morgan fingerprint density at radius 3 is 2.60 bits per heavy atom. The third-order valence-electron chi connectivity index (χ3n) is 2.15. The monoisotopic (exact) mass is 210 g/mol. The molecule has 1 rings (SSSR count). The molecular weight excluding hydrogens is 192 g/mol. The Bertz CT molecular complexity index is 286. The van der Waals surface area contributed by atoms with Gasteiger partial charge < -0.3 is 15.7 Å². The van der Waals surface area contributed by atoms with E-state index in [-0.39, 0.29) is 6.61 Å². The maximum absolute atomic E-state index is 8.81.